The van der Waals surface area contributed by atoms with E-state index in [-0.39, 0.29) is 18.3 Å². The normalized spacial score (nSPS) is 15.9. The number of hydrogen-bond acceptors (Lipinski definition) is 5. The van der Waals surface area contributed by atoms with E-state index in [0.29, 0.717) is 36.1 Å². The van der Waals surface area contributed by atoms with Crippen LogP contribution in [0, 0.1) is 11.7 Å². The lowest BCUT2D eigenvalue weighted by molar-refractivity contribution is -0.138. The van der Waals surface area contributed by atoms with Gasteiger partial charge in [-0.15, -0.1) is 11.3 Å². The quantitative estimate of drug-likeness (QED) is 0.273. The van der Waals surface area contributed by atoms with E-state index in [2.05, 4.69) is 35.1 Å². The average molecular weight is 586 g/mol. The molecule has 1 aliphatic heterocycles. The fourth-order valence-corrected chi connectivity index (χ4v) is 6.52. The van der Waals surface area contributed by atoms with E-state index in [4.69, 9.17) is 10.5 Å². The van der Waals surface area contributed by atoms with E-state index in [1.54, 1.807) is 19.1 Å². The molecule has 0 aliphatic carbocycles. The van der Waals surface area contributed by atoms with Crippen molar-refractivity contribution >= 4 is 49.2 Å². The minimum atomic E-state index is -0.654. The molecule has 0 bridgehead atoms. The van der Waals surface area contributed by atoms with Crippen LogP contribution in [0.3, 0.4) is 0 Å². The molecule has 1 unspecified atom stereocenters. The molecule has 1 aromatic heterocycles. The van der Waals surface area contributed by atoms with Crippen LogP contribution in [0.2, 0.25) is 0 Å². The van der Waals surface area contributed by atoms with Gasteiger partial charge in [-0.2, -0.15) is 0 Å². The maximum Gasteiger partial charge on any atom is 0.336 e. The van der Waals surface area contributed by atoms with Gasteiger partial charge >= 0.3 is 5.97 Å². The van der Waals surface area contributed by atoms with Crippen molar-refractivity contribution in [2.75, 3.05) is 6.61 Å². The Labute approximate surface area is 228 Å². The largest absolute Gasteiger partial charge is 0.463 e. The molecule has 4 rings (SSSR count). The molecule has 2 heterocycles. The van der Waals surface area contributed by atoms with Crippen LogP contribution in [0.1, 0.15) is 50.0 Å². The van der Waals surface area contributed by atoms with Crippen molar-refractivity contribution in [1.29, 1.82) is 0 Å². The summed E-state index contributed by atoms with van der Waals surface area (Å²) < 4.78 is 20.9. The number of dihydropyridines is 1. The fraction of sp³-hybridized carbons (Fsp3) is 0.310. The minimum Gasteiger partial charge on any atom is -0.463 e. The Morgan fingerprint density at radius 1 is 1.11 bits per heavy atom. The lowest BCUT2D eigenvalue weighted by Gasteiger charge is -2.32. The third-order valence-electron chi connectivity index (χ3n) is 6.28. The molecule has 194 valence electrons. The molecule has 3 aromatic rings. The van der Waals surface area contributed by atoms with E-state index in [0.717, 1.165) is 30.7 Å². The first kappa shape index (κ1) is 27.1. The molecule has 2 aromatic carbocycles. The first-order chi connectivity index (χ1) is 17.7. The van der Waals surface area contributed by atoms with Crippen LogP contribution in [-0.4, -0.2) is 18.5 Å². The lowest BCUT2D eigenvalue weighted by atomic mass is 9.81. The Kier molecular flexibility index (Phi) is 8.49. The predicted octanol–water partition coefficient (Wildman–Crippen LogP) is 6.73. The molecule has 8 heteroatoms. The molecule has 0 fully saturated rings. The first-order valence-electron chi connectivity index (χ1n) is 12.3. The Morgan fingerprint density at radius 2 is 1.84 bits per heavy atom. The first-order valence-corrected chi connectivity index (χ1v) is 13.9. The zero-order valence-electron chi connectivity index (χ0n) is 21.1. The molecule has 5 nitrogen and oxygen atoms in total. The van der Waals surface area contributed by atoms with E-state index in [1.165, 1.54) is 23.5 Å². The summed E-state index contributed by atoms with van der Waals surface area (Å²) in [5, 5.41) is 4.42. The molecule has 3 N–H and O–H groups in total. The second kappa shape index (κ2) is 11.6. The zero-order valence-corrected chi connectivity index (χ0v) is 23.5. The van der Waals surface area contributed by atoms with Crippen LogP contribution in [0.4, 0.5) is 4.39 Å². The number of amides is 1. The van der Waals surface area contributed by atoms with Crippen molar-refractivity contribution in [3.05, 3.63) is 91.8 Å². The van der Waals surface area contributed by atoms with Crippen molar-refractivity contribution < 1.29 is 18.7 Å². The highest BCUT2D eigenvalue weighted by atomic mass is 79.9. The number of esters is 1. The fourth-order valence-electron chi connectivity index (χ4n) is 4.71. The standard InChI is InChI=1S/C29H30BrFN2O3S/c1-4-36-29(35)25-21(13-10-17-8-11-19(31)12-9-17)33-22(14-16(2)3)24(28(32)34)26(25)23-15-18-6-5-7-20(30)27(18)37-23/h5-9,11-12,15-16,26,33H,4,10,13-14H2,1-3H3,(H2,32,34). The van der Waals surface area contributed by atoms with E-state index in [9.17, 15) is 14.0 Å². The van der Waals surface area contributed by atoms with Gasteiger partial charge in [-0.05, 0) is 83.2 Å². The van der Waals surface area contributed by atoms with Gasteiger partial charge in [0.1, 0.15) is 5.82 Å². The molecule has 37 heavy (non-hydrogen) atoms. The van der Waals surface area contributed by atoms with Gasteiger partial charge in [0.05, 0.1) is 18.1 Å². The third-order valence-corrected chi connectivity index (χ3v) is 8.45. The van der Waals surface area contributed by atoms with Crippen LogP contribution in [0.15, 0.2) is 75.5 Å². The van der Waals surface area contributed by atoms with Gasteiger partial charge in [-0.25, -0.2) is 9.18 Å². The second-order valence-corrected chi connectivity index (χ2v) is 11.4. The number of aryl methyl sites for hydroxylation is 1. The minimum absolute atomic E-state index is 0.201. The molecule has 1 atom stereocenters. The number of nitrogens with two attached hydrogens (primary N) is 1. The zero-order chi connectivity index (χ0) is 26.7. The number of fused-ring (bicyclic) bond motifs is 1. The number of carbonyl (C=O) groups is 2. The Hall–Kier alpha value is -2.97. The van der Waals surface area contributed by atoms with E-state index in [1.807, 2.05) is 24.3 Å². The molecule has 1 aliphatic rings. The number of nitrogens with one attached hydrogen (secondary N) is 1. The van der Waals surface area contributed by atoms with Crippen molar-refractivity contribution in [3.63, 3.8) is 0 Å². The third kappa shape index (κ3) is 5.96. The van der Waals surface area contributed by atoms with Crippen LogP contribution in [0.25, 0.3) is 10.1 Å². The number of thiophene rings is 1. The smallest absolute Gasteiger partial charge is 0.336 e. The Morgan fingerprint density at radius 3 is 2.46 bits per heavy atom. The molecule has 1 amide bonds. The number of allylic oxidation sites excluding steroid dienone is 2. The highest BCUT2D eigenvalue weighted by molar-refractivity contribution is 9.10. The summed E-state index contributed by atoms with van der Waals surface area (Å²) in [6, 6.07) is 14.3. The van der Waals surface area contributed by atoms with Crippen LogP contribution < -0.4 is 11.1 Å². The van der Waals surface area contributed by atoms with Gasteiger partial charge in [-0.3, -0.25) is 4.79 Å². The summed E-state index contributed by atoms with van der Waals surface area (Å²) >= 11 is 5.15. The van der Waals surface area contributed by atoms with E-state index >= 15 is 0 Å². The molecular formula is C29H30BrFN2O3S. The van der Waals surface area contributed by atoms with Crippen molar-refractivity contribution in [3.8, 4) is 0 Å². The number of ether oxygens (including phenoxy) is 1. The summed E-state index contributed by atoms with van der Waals surface area (Å²) in [6.07, 6.45) is 1.66. The monoisotopic (exact) mass is 584 g/mol. The van der Waals surface area contributed by atoms with E-state index < -0.39 is 17.8 Å². The lowest BCUT2D eigenvalue weighted by Crippen LogP contribution is -2.36. The van der Waals surface area contributed by atoms with Crippen LogP contribution in [-0.2, 0) is 20.7 Å². The van der Waals surface area contributed by atoms with Crippen molar-refractivity contribution in [2.45, 2.75) is 46.0 Å². The van der Waals surface area contributed by atoms with Crippen LogP contribution in [0.5, 0.6) is 0 Å². The number of halogens is 2. The molecule has 0 spiro atoms. The number of hydrogen-bond donors (Lipinski definition) is 2. The molecular weight excluding hydrogens is 555 g/mol. The number of carbonyl (C=O) groups excluding carboxylic acids is 2. The van der Waals surface area contributed by atoms with Gasteiger partial charge in [0, 0.05) is 31.0 Å². The highest BCUT2D eigenvalue weighted by Gasteiger charge is 2.39. The topological polar surface area (TPSA) is 81.4 Å². The summed E-state index contributed by atoms with van der Waals surface area (Å²) in [7, 11) is 0. The Balaban J connectivity index is 1.90. The molecule has 0 saturated carbocycles. The SMILES string of the molecule is CCOC(=O)C1=C(CCc2ccc(F)cc2)NC(CC(C)C)=C(C(N)=O)C1c1cc2cccc(Br)c2s1. The maximum absolute atomic E-state index is 13.5. The number of primary amides is 1. The van der Waals surface area contributed by atoms with Crippen molar-refractivity contribution in [2.24, 2.45) is 11.7 Å². The predicted molar refractivity (Wildman–Crippen MR) is 149 cm³/mol. The van der Waals surface area contributed by atoms with Gasteiger partial charge in [0.2, 0.25) is 5.91 Å². The van der Waals surface area contributed by atoms with Gasteiger partial charge in [0.15, 0.2) is 0 Å². The second-order valence-electron chi connectivity index (χ2n) is 9.46. The average Bonchev–Trinajstić information content (AvgIpc) is 3.28. The Bertz CT molecular complexity index is 1390. The van der Waals surface area contributed by atoms with Gasteiger partial charge < -0.3 is 15.8 Å². The van der Waals surface area contributed by atoms with Crippen molar-refractivity contribution in [1.82, 2.24) is 5.32 Å². The molecule has 0 radical (unpaired) electrons. The summed E-state index contributed by atoms with van der Waals surface area (Å²) in [6.45, 7) is 6.10. The van der Waals surface area contributed by atoms with Gasteiger partial charge in [-0.1, -0.05) is 38.1 Å². The maximum atomic E-state index is 13.5. The highest BCUT2D eigenvalue weighted by Crippen LogP contribution is 2.45. The number of benzene rings is 2. The molecule has 0 saturated heterocycles. The summed E-state index contributed by atoms with van der Waals surface area (Å²) in [4.78, 5) is 27.3. The summed E-state index contributed by atoms with van der Waals surface area (Å²) in [5.41, 5.74) is 9.15. The number of rotatable bonds is 9. The van der Waals surface area contributed by atoms with Crippen LogP contribution >= 0.6 is 27.3 Å². The summed E-state index contributed by atoms with van der Waals surface area (Å²) in [5.74, 6) is -1.75. The van der Waals surface area contributed by atoms with Gasteiger partial charge in [0.25, 0.3) is 0 Å².